The van der Waals surface area contributed by atoms with Gasteiger partial charge in [0.25, 0.3) is 0 Å². The molecule has 90 valence electrons. The van der Waals surface area contributed by atoms with E-state index in [0.717, 1.165) is 12.2 Å². The molecule has 6 heteroatoms. The Bertz CT molecular complexity index is 339. The van der Waals surface area contributed by atoms with Gasteiger partial charge in [0.15, 0.2) is 0 Å². The predicted octanol–water partition coefficient (Wildman–Crippen LogP) is 0.723. The first-order chi connectivity index (χ1) is 7.65. The number of hydrogen-bond acceptors (Lipinski definition) is 4. The van der Waals surface area contributed by atoms with E-state index in [2.05, 4.69) is 17.3 Å². The summed E-state index contributed by atoms with van der Waals surface area (Å²) in [5.74, 6) is 1.34. The molecule has 0 bridgehead atoms. The number of amides is 1. The molecule has 1 amide bonds. The van der Waals surface area contributed by atoms with Crippen LogP contribution in [0.1, 0.15) is 13.3 Å². The number of carbonyl (C=O) groups is 1. The van der Waals surface area contributed by atoms with Crippen LogP contribution < -0.4 is 11.1 Å². The molecule has 0 fully saturated rings. The molecule has 0 saturated heterocycles. The van der Waals surface area contributed by atoms with E-state index in [0.29, 0.717) is 5.82 Å². The fourth-order valence-corrected chi connectivity index (χ4v) is 2.07. The highest BCUT2D eigenvalue weighted by Crippen LogP contribution is 2.01. The van der Waals surface area contributed by atoms with Crippen molar-refractivity contribution in [3.63, 3.8) is 0 Å². The van der Waals surface area contributed by atoms with Crippen LogP contribution in [-0.4, -0.2) is 33.7 Å². The Kier molecular flexibility index (Phi) is 5.18. The number of anilines is 1. The Balaban J connectivity index is 2.40. The molecule has 0 spiro atoms. The van der Waals surface area contributed by atoms with E-state index in [1.807, 2.05) is 6.26 Å². The standard InChI is InChI=1S/C10H18N4OS/c1-3-8(7-16-2)12-10(15)6-14-5-4-9(11)13-14/h4-5,8H,3,6-7H2,1-2H3,(H2,11,13)(H,12,15). The van der Waals surface area contributed by atoms with Gasteiger partial charge in [0.2, 0.25) is 5.91 Å². The van der Waals surface area contributed by atoms with Gasteiger partial charge in [-0.3, -0.25) is 9.48 Å². The lowest BCUT2D eigenvalue weighted by Crippen LogP contribution is -2.38. The average Bonchev–Trinajstić information content (AvgIpc) is 2.63. The summed E-state index contributed by atoms with van der Waals surface area (Å²) in [6, 6.07) is 1.90. The second kappa shape index (κ2) is 6.42. The van der Waals surface area contributed by atoms with Gasteiger partial charge in [-0.1, -0.05) is 6.92 Å². The van der Waals surface area contributed by atoms with E-state index in [-0.39, 0.29) is 18.5 Å². The summed E-state index contributed by atoms with van der Waals surface area (Å²) in [6.07, 6.45) is 4.67. The van der Waals surface area contributed by atoms with Crippen LogP contribution in [0.25, 0.3) is 0 Å². The van der Waals surface area contributed by atoms with Crippen molar-refractivity contribution < 1.29 is 4.79 Å². The number of nitrogens with two attached hydrogens (primary N) is 1. The molecule has 0 aliphatic carbocycles. The van der Waals surface area contributed by atoms with Gasteiger partial charge in [0.1, 0.15) is 12.4 Å². The van der Waals surface area contributed by atoms with Crippen LogP contribution in [0.3, 0.4) is 0 Å². The van der Waals surface area contributed by atoms with Crippen LogP contribution in [-0.2, 0) is 11.3 Å². The molecule has 1 unspecified atom stereocenters. The van der Waals surface area contributed by atoms with E-state index in [9.17, 15) is 4.79 Å². The van der Waals surface area contributed by atoms with Crippen molar-refractivity contribution in [3.05, 3.63) is 12.3 Å². The van der Waals surface area contributed by atoms with Gasteiger partial charge in [-0.2, -0.15) is 16.9 Å². The monoisotopic (exact) mass is 242 g/mol. The maximum absolute atomic E-state index is 11.6. The van der Waals surface area contributed by atoms with Crippen LogP contribution >= 0.6 is 11.8 Å². The van der Waals surface area contributed by atoms with E-state index in [4.69, 9.17) is 5.73 Å². The average molecular weight is 242 g/mol. The third kappa shape index (κ3) is 4.14. The highest BCUT2D eigenvalue weighted by atomic mass is 32.2. The second-order valence-electron chi connectivity index (χ2n) is 3.57. The number of aromatic nitrogens is 2. The predicted molar refractivity (Wildman–Crippen MR) is 67.2 cm³/mol. The van der Waals surface area contributed by atoms with Gasteiger partial charge in [0.05, 0.1) is 0 Å². The molecule has 0 aromatic carbocycles. The maximum atomic E-state index is 11.6. The highest BCUT2D eigenvalue weighted by molar-refractivity contribution is 7.98. The molecule has 0 radical (unpaired) electrons. The van der Waals surface area contributed by atoms with Crippen molar-refractivity contribution in [3.8, 4) is 0 Å². The molecule has 3 N–H and O–H groups in total. The van der Waals surface area contributed by atoms with Crippen molar-refractivity contribution in [2.75, 3.05) is 17.7 Å². The minimum absolute atomic E-state index is 0.0241. The number of nitrogen functional groups attached to an aromatic ring is 1. The molecule has 1 aromatic rings. The fraction of sp³-hybridized carbons (Fsp3) is 0.600. The van der Waals surface area contributed by atoms with Gasteiger partial charge in [-0.25, -0.2) is 0 Å². The van der Waals surface area contributed by atoms with Gasteiger partial charge in [-0.05, 0) is 18.7 Å². The molecule has 1 aromatic heterocycles. The quantitative estimate of drug-likeness (QED) is 0.771. The number of carbonyl (C=O) groups excluding carboxylic acids is 1. The lowest BCUT2D eigenvalue weighted by molar-refractivity contribution is -0.122. The number of rotatable bonds is 6. The Labute approximate surface area is 99.8 Å². The maximum Gasteiger partial charge on any atom is 0.241 e. The zero-order chi connectivity index (χ0) is 12.0. The molecule has 5 nitrogen and oxygen atoms in total. The normalized spacial score (nSPS) is 12.4. The van der Waals surface area contributed by atoms with Crippen LogP contribution in [0.15, 0.2) is 12.3 Å². The van der Waals surface area contributed by atoms with Gasteiger partial charge >= 0.3 is 0 Å². The number of thioether (sulfide) groups is 1. The number of nitrogens with one attached hydrogen (secondary N) is 1. The third-order valence-electron chi connectivity index (χ3n) is 2.19. The van der Waals surface area contributed by atoms with E-state index in [1.165, 1.54) is 4.68 Å². The zero-order valence-electron chi connectivity index (χ0n) is 9.64. The molecule has 1 atom stereocenters. The molecular formula is C10H18N4OS. The van der Waals surface area contributed by atoms with E-state index < -0.39 is 0 Å². The minimum atomic E-state index is -0.0241. The summed E-state index contributed by atoms with van der Waals surface area (Å²) < 4.78 is 1.54. The summed E-state index contributed by atoms with van der Waals surface area (Å²) in [7, 11) is 0. The highest BCUT2D eigenvalue weighted by Gasteiger charge is 2.10. The lowest BCUT2D eigenvalue weighted by Gasteiger charge is -2.15. The van der Waals surface area contributed by atoms with Crippen molar-refractivity contribution in [2.24, 2.45) is 0 Å². The molecule has 0 aliphatic rings. The Morgan fingerprint density at radius 2 is 2.50 bits per heavy atom. The van der Waals surface area contributed by atoms with Gasteiger partial charge in [0, 0.05) is 18.0 Å². The smallest absolute Gasteiger partial charge is 0.241 e. The van der Waals surface area contributed by atoms with Gasteiger partial charge in [-0.15, -0.1) is 0 Å². The van der Waals surface area contributed by atoms with Crippen LogP contribution in [0.4, 0.5) is 5.82 Å². The molecule has 0 aliphatic heterocycles. The first kappa shape index (κ1) is 12.9. The lowest BCUT2D eigenvalue weighted by atomic mass is 10.2. The Hall–Kier alpha value is -1.17. The Morgan fingerprint density at radius 1 is 1.75 bits per heavy atom. The minimum Gasteiger partial charge on any atom is -0.382 e. The number of hydrogen-bond donors (Lipinski definition) is 2. The van der Waals surface area contributed by atoms with E-state index >= 15 is 0 Å². The summed E-state index contributed by atoms with van der Waals surface area (Å²) in [5, 5.41) is 6.92. The first-order valence-electron chi connectivity index (χ1n) is 5.23. The fourth-order valence-electron chi connectivity index (χ4n) is 1.35. The molecule has 16 heavy (non-hydrogen) atoms. The SMILES string of the molecule is CCC(CSC)NC(=O)Cn1ccc(N)n1. The van der Waals surface area contributed by atoms with Crippen LogP contribution in [0.5, 0.6) is 0 Å². The first-order valence-corrected chi connectivity index (χ1v) is 6.62. The third-order valence-corrected chi connectivity index (χ3v) is 2.93. The summed E-state index contributed by atoms with van der Waals surface area (Å²) >= 11 is 1.73. The molecular weight excluding hydrogens is 224 g/mol. The topological polar surface area (TPSA) is 72.9 Å². The summed E-state index contributed by atoms with van der Waals surface area (Å²) in [6.45, 7) is 2.29. The molecule has 1 rings (SSSR count). The largest absolute Gasteiger partial charge is 0.382 e. The zero-order valence-corrected chi connectivity index (χ0v) is 10.5. The summed E-state index contributed by atoms with van der Waals surface area (Å²) in [4.78, 5) is 11.6. The second-order valence-corrected chi connectivity index (χ2v) is 4.48. The van der Waals surface area contributed by atoms with Crippen molar-refractivity contribution in [1.82, 2.24) is 15.1 Å². The number of nitrogens with zero attached hydrogens (tertiary/aromatic N) is 2. The van der Waals surface area contributed by atoms with Crippen LogP contribution in [0, 0.1) is 0 Å². The molecule has 0 saturated carbocycles. The van der Waals surface area contributed by atoms with E-state index in [1.54, 1.807) is 24.0 Å². The van der Waals surface area contributed by atoms with Gasteiger partial charge < -0.3 is 11.1 Å². The van der Waals surface area contributed by atoms with Crippen LogP contribution in [0.2, 0.25) is 0 Å². The molecule has 1 heterocycles. The van der Waals surface area contributed by atoms with Crippen molar-refractivity contribution >= 4 is 23.5 Å². The Morgan fingerprint density at radius 3 is 3.00 bits per heavy atom. The van der Waals surface area contributed by atoms with Crippen molar-refractivity contribution in [1.29, 1.82) is 0 Å². The van der Waals surface area contributed by atoms with Crippen molar-refractivity contribution in [2.45, 2.75) is 25.9 Å². The summed E-state index contributed by atoms with van der Waals surface area (Å²) in [5.41, 5.74) is 5.46.